The Bertz CT molecular complexity index is 812. The Morgan fingerprint density at radius 2 is 2.04 bits per heavy atom. The maximum atomic E-state index is 13.0. The Balaban J connectivity index is 1.48. The number of nitrogens with zero attached hydrogens (tertiary/aromatic N) is 4. The lowest BCUT2D eigenvalue weighted by atomic mass is 9.95. The number of amides is 1. The van der Waals surface area contributed by atoms with Gasteiger partial charge in [-0.2, -0.15) is 0 Å². The van der Waals surface area contributed by atoms with Crippen LogP contribution in [0.4, 0.5) is 5.82 Å². The molecule has 2 aliphatic rings. The summed E-state index contributed by atoms with van der Waals surface area (Å²) in [5.74, 6) is 2.25. The summed E-state index contributed by atoms with van der Waals surface area (Å²) in [5, 5.41) is 1.99. The summed E-state index contributed by atoms with van der Waals surface area (Å²) in [5.41, 5.74) is 2.63. The molecule has 6 heteroatoms. The Morgan fingerprint density at radius 1 is 1.25 bits per heavy atom. The molecule has 150 valence electrons. The van der Waals surface area contributed by atoms with Crippen LogP contribution in [0.1, 0.15) is 65.8 Å². The van der Waals surface area contributed by atoms with E-state index < -0.39 is 0 Å². The molecule has 5 nitrogen and oxygen atoms in total. The Kier molecular flexibility index (Phi) is 5.95. The van der Waals surface area contributed by atoms with Crippen molar-refractivity contribution in [2.24, 2.45) is 0 Å². The molecular weight excluding hydrogens is 368 g/mol. The number of fused-ring (bicyclic) bond motifs is 1. The zero-order valence-electron chi connectivity index (χ0n) is 17.0. The quantitative estimate of drug-likeness (QED) is 0.756. The molecule has 1 aliphatic heterocycles. The van der Waals surface area contributed by atoms with Crippen molar-refractivity contribution in [1.29, 1.82) is 0 Å². The van der Waals surface area contributed by atoms with Crippen molar-refractivity contribution < 1.29 is 4.79 Å². The van der Waals surface area contributed by atoms with Crippen LogP contribution in [0.3, 0.4) is 0 Å². The summed E-state index contributed by atoms with van der Waals surface area (Å²) in [4.78, 5) is 27.9. The molecule has 2 aromatic rings. The largest absolute Gasteiger partial charge is 0.356 e. The normalized spacial score (nSPS) is 17.4. The fraction of sp³-hybridized carbons (Fsp3) is 0.591. The summed E-state index contributed by atoms with van der Waals surface area (Å²) in [6.45, 7) is 6.92. The molecule has 3 heterocycles. The van der Waals surface area contributed by atoms with Gasteiger partial charge < -0.3 is 9.80 Å². The van der Waals surface area contributed by atoms with Crippen LogP contribution in [-0.2, 0) is 12.8 Å². The first kappa shape index (κ1) is 19.4. The highest BCUT2D eigenvalue weighted by Crippen LogP contribution is 2.31. The molecular formula is C22H30N4OS. The molecule has 0 atom stereocenters. The highest BCUT2D eigenvalue weighted by molar-refractivity contribution is 7.12. The predicted octanol–water partition coefficient (Wildman–Crippen LogP) is 4.25. The van der Waals surface area contributed by atoms with Crippen molar-refractivity contribution in [1.82, 2.24) is 14.9 Å². The van der Waals surface area contributed by atoms with Gasteiger partial charge in [0.05, 0.1) is 4.88 Å². The molecule has 0 saturated carbocycles. The van der Waals surface area contributed by atoms with Gasteiger partial charge in [-0.05, 0) is 63.3 Å². The second-order valence-corrected chi connectivity index (χ2v) is 8.87. The highest BCUT2D eigenvalue weighted by atomic mass is 32.1. The fourth-order valence-corrected chi connectivity index (χ4v) is 5.26. The van der Waals surface area contributed by atoms with Crippen LogP contribution in [0.15, 0.2) is 17.5 Å². The molecule has 1 fully saturated rings. The first-order chi connectivity index (χ1) is 13.7. The summed E-state index contributed by atoms with van der Waals surface area (Å²) in [6, 6.07) is 4.23. The van der Waals surface area contributed by atoms with E-state index >= 15 is 0 Å². The number of aromatic nitrogens is 2. The standard InChI is InChI=1S/C22H30N4OS/c1-3-12-26(22(27)20-9-6-15-28-20)17-10-13-25(14-11-17)21-18-7-4-5-8-19(18)23-16(2)24-21/h6,9,15,17H,3-5,7-8,10-14H2,1-2H3. The highest BCUT2D eigenvalue weighted by Gasteiger charge is 2.30. The van der Waals surface area contributed by atoms with E-state index in [1.807, 2.05) is 24.4 Å². The molecule has 0 N–H and O–H groups in total. The number of thiophene rings is 1. The number of carbonyl (C=O) groups is 1. The zero-order valence-corrected chi connectivity index (χ0v) is 17.8. The molecule has 1 aliphatic carbocycles. The van der Waals surface area contributed by atoms with E-state index in [1.54, 1.807) is 11.3 Å². The molecule has 0 spiro atoms. The van der Waals surface area contributed by atoms with Crippen LogP contribution in [0.2, 0.25) is 0 Å². The summed E-state index contributed by atoms with van der Waals surface area (Å²) < 4.78 is 0. The molecule has 4 rings (SSSR count). The molecule has 0 radical (unpaired) electrons. The third-order valence-corrected chi connectivity index (χ3v) is 6.79. The maximum Gasteiger partial charge on any atom is 0.264 e. The minimum Gasteiger partial charge on any atom is -0.356 e. The van der Waals surface area contributed by atoms with Crippen molar-refractivity contribution in [2.75, 3.05) is 24.5 Å². The molecule has 0 aromatic carbocycles. The van der Waals surface area contributed by atoms with Gasteiger partial charge in [0.2, 0.25) is 0 Å². The molecule has 28 heavy (non-hydrogen) atoms. The van der Waals surface area contributed by atoms with Crippen LogP contribution in [0, 0.1) is 6.92 Å². The van der Waals surface area contributed by atoms with Gasteiger partial charge in [-0.15, -0.1) is 11.3 Å². The van der Waals surface area contributed by atoms with Crippen LogP contribution < -0.4 is 4.90 Å². The van der Waals surface area contributed by atoms with Gasteiger partial charge in [-0.25, -0.2) is 9.97 Å². The molecule has 0 bridgehead atoms. The van der Waals surface area contributed by atoms with Crippen LogP contribution in [0.5, 0.6) is 0 Å². The lowest BCUT2D eigenvalue weighted by molar-refractivity contribution is 0.0655. The topological polar surface area (TPSA) is 49.3 Å². The molecule has 1 saturated heterocycles. The monoisotopic (exact) mass is 398 g/mol. The SMILES string of the molecule is CCCN(C(=O)c1cccs1)C1CCN(c2nc(C)nc3c2CCCC3)CC1. The average Bonchev–Trinajstić information content (AvgIpc) is 3.26. The predicted molar refractivity (Wildman–Crippen MR) is 114 cm³/mol. The second kappa shape index (κ2) is 8.60. The van der Waals surface area contributed by atoms with Gasteiger partial charge in [-0.3, -0.25) is 4.79 Å². The van der Waals surface area contributed by atoms with Crippen molar-refractivity contribution >= 4 is 23.1 Å². The number of aryl methyl sites for hydroxylation is 2. The molecule has 1 amide bonds. The van der Waals surface area contributed by atoms with E-state index in [2.05, 4.69) is 16.7 Å². The number of hydrogen-bond acceptors (Lipinski definition) is 5. The summed E-state index contributed by atoms with van der Waals surface area (Å²) in [7, 11) is 0. The van der Waals surface area contributed by atoms with E-state index in [4.69, 9.17) is 9.97 Å². The van der Waals surface area contributed by atoms with E-state index in [1.165, 1.54) is 24.1 Å². The smallest absolute Gasteiger partial charge is 0.264 e. The van der Waals surface area contributed by atoms with Gasteiger partial charge in [0.25, 0.3) is 5.91 Å². The number of anilines is 1. The zero-order chi connectivity index (χ0) is 19.5. The van der Waals surface area contributed by atoms with Gasteiger partial charge >= 0.3 is 0 Å². The Morgan fingerprint density at radius 3 is 2.75 bits per heavy atom. The third-order valence-electron chi connectivity index (χ3n) is 5.94. The van der Waals surface area contributed by atoms with Gasteiger partial charge in [0, 0.05) is 36.9 Å². The fourth-order valence-electron chi connectivity index (χ4n) is 4.58. The van der Waals surface area contributed by atoms with Gasteiger partial charge in [0.1, 0.15) is 11.6 Å². The van der Waals surface area contributed by atoms with Crippen LogP contribution in [0.25, 0.3) is 0 Å². The van der Waals surface area contributed by atoms with E-state index in [-0.39, 0.29) is 5.91 Å². The van der Waals surface area contributed by atoms with Crippen molar-refractivity contribution in [2.45, 2.75) is 64.8 Å². The van der Waals surface area contributed by atoms with E-state index in [0.717, 1.165) is 68.3 Å². The first-order valence-electron chi connectivity index (χ1n) is 10.6. The average molecular weight is 399 g/mol. The first-order valence-corrected chi connectivity index (χ1v) is 11.5. The van der Waals surface area contributed by atoms with E-state index in [9.17, 15) is 4.79 Å². The van der Waals surface area contributed by atoms with Crippen molar-refractivity contribution in [3.63, 3.8) is 0 Å². The minimum absolute atomic E-state index is 0.200. The van der Waals surface area contributed by atoms with Crippen molar-refractivity contribution in [3.8, 4) is 0 Å². The van der Waals surface area contributed by atoms with Crippen LogP contribution >= 0.6 is 11.3 Å². The Labute approximate surface area is 171 Å². The van der Waals surface area contributed by atoms with Crippen LogP contribution in [-0.4, -0.2) is 46.5 Å². The van der Waals surface area contributed by atoms with E-state index in [0.29, 0.717) is 6.04 Å². The molecule has 2 aromatic heterocycles. The summed E-state index contributed by atoms with van der Waals surface area (Å²) >= 11 is 1.55. The number of rotatable bonds is 5. The number of carbonyl (C=O) groups excluding carboxylic acids is 1. The van der Waals surface area contributed by atoms with Crippen molar-refractivity contribution in [3.05, 3.63) is 39.5 Å². The van der Waals surface area contributed by atoms with Gasteiger partial charge in [-0.1, -0.05) is 13.0 Å². The second-order valence-electron chi connectivity index (χ2n) is 7.92. The lowest BCUT2D eigenvalue weighted by Crippen LogP contribution is -2.48. The maximum absolute atomic E-state index is 13.0. The molecule has 0 unspecified atom stereocenters. The minimum atomic E-state index is 0.200. The lowest BCUT2D eigenvalue weighted by Gasteiger charge is -2.39. The number of piperidine rings is 1. The Hall–Kier alpha value is -1.95. The number of hydrogen-bond donors (Lipinski definition) is 0. The van der Waals surface area contributed by atoms with Gasteiger partial charge in [0.15, 0.2) is 0 Å². The third kappa shape index (κ3) is 3.93. The summed E-state index contributed by atoms with van der Waals surface area (Å²) in [6.07, 6.45) is 7.68.